The van der Waals surface area contributed by atoms with Crippen LogP contribution in [0.15, 0.2) is 22.7 Å². The number of nitrogens with one attached hydrogen (secondary N) is 1. The molecule has 0 radical (unpaired) electrons. The Kier molecular flexibility index (Phi) is 4.22. The standard InChI is InChI=1S/C12H8F3N3O2S/c1-5(18-20)9-4-21-12(16-9)17-11(19)6-2-7(13)10(15)8(14)3-6/h2-4,20H,1H3,(H,16,17,19). The lowest BCUT2D eigenvalue weighted by atomic mass is 10.2. The van der Waals surface area contributed by atoms with Gasteiger partial charge in [-0.15, -0.1) is 11.3 Å². The molecule has 110 valence electrons. The van der Waals surface area contributed by atoms with Gasteiger partial charge < -0.3 is 5.21 Å². The minimum atomic E-state index is -1.64. The van der Waals surface area contributed by atoms with E-state index in [1.807, 2.05) is 0 Å². The van der Waals surface area contributed by atoms with Crippen LogP contribution in [0.2, 0.25) is 0 Å². The van der Waals surface area contributed by atoms with E-state index in [-0.39, 0.29) is 16.4 Å². The van der Waals surface area contributed by atoms with Gasteiger partial charge in [0.1, 0.15) is 11.4 Å². The SMILES string of the molecule is CC(=NO)c1csc(NC(=O)c2cc(F)c(F)c(F)c2)n1. The predicted molar refractivity (Wildman–Crippen MR) is 70.4 cm³/mol. The number of amides is 1. The lowest BCUT2D eigenvalue weighted by Gasteiger charge is -2.03. The molecule has 0 aliphatic carbocycles. The number of carbonyl (C=O) groups excluding carboxylic acids is 1. The van der Waals surface area contributed by atoms with Crippen molar-refractivity contribution in [1.29, 1.82) is 0 Å². The quantitative estimate of drug-likeness (QED) is 0.396. The van der Waals surface area contributed by atoms with Crippen molar-refractivity contribution < 1.29 is 23.2 Å². The minimum absolute atomic E-state index is 0.142. The van der Waals surface area contributed by atoms with Gasteiger partial charge in [0.05, 0.1) is 0 Å². The van der Waals surface area contributed by atoms with Gasteiger partial charge in [-0.05, 0) is 19.1 Å². The smallest absolute Gasteiger partial charge is 0.257 e. The number of nitrogens with zero attached hydrogens (tertiary/aromatic N) is 2. The second-order valence-electron chi connectivity index (χ2n) is 3.93. The van der Waals surface area contributed by atoms with Gasteiger partial charge in [0.2, 0.25) is 0 Å². The maximum Gasteiger partial charge on any atom is 0.257 e. The highest BCUT2D eigenvalue weighted by molar-refractivity contribution is 7.14. The molecule has 0 unspecified atom stereocenters. The molecule has 2 aromatic rings. The Labute approximate surface area is 120 Å². The molecular weight excluding hydrogens is 307 g/mol. The average molecular weight is 315 g/mol. The molecule has 0 aliphatic heterocycles. The summed E-state index contributed by atoms with van der Waals surface area (Å²) < 4.78 is 38.9. The van der Waals surface area contributed by atoms with Crippen LogP contribution in [0.3, 0.4) is 0 Å². The summed E-state index contributed by atoms with van der Waals surface area (Å²) in [7, 11) is 0. The third-order valence-electron chi connectivity index (χ3n) is 2.49. The summed E-state index contributed by atoms with van der Waals surface area (Å²) in [6.07, 6.45) is 0. The lowest BCUT2D eigenvalue weighted by Crippen LogP contribution is -2.13. The van der Waals surface area contributed by atoms with Crippen LogP contribution < -0.4 is 5.32 Å². The minimum Gasteiger partial charge on any atom is -0.411 e. The number of carbonyl (C=O) groups is 1. The number of thiazole rings is 1. The van der Waals surface area contributed by atoms with Gasteiger partial charge in [-0.2, -0.15) is 0 Å². The average Bonchev–Trinajstić information content (AvgIpc) is 2.91. The van der Waals surface area contributed by atoms with Gasteiger partial charge in [0, 0.05) is 10.9 Å². The molecule has 0 saturated heterocycles. The molecule has 1 heterocycles. The summed E-state index contributed by atoms with van der Waals surface area (Å²) in [5.74, 6) is -5.39. The zero-order chi connectivity index (χ0) is 15.6. The zero-order valence-electron chi connectivity index (χ0n) is 10.5. The van der Waals surface area contributed by atoms with Crippen molar-refractivity contribution in [3.63, 3.8) is 0 Å². The van der Waals surface area contributed by atoms with Gasteiger partial charge in [-0.3, -0.25) is 10.1 Å². The summed E-state index contributed by atoms with van der Waals surface area (Å²) >= 11 is 1.03. The topological polar surface area (TPSA) is 74.6 Å². The maximum atomic E-state index is 13.0. The number of hydrogen-bond acceptors (Lipinski definition) is 5. The van der Waals surface area contributed by atoms with E-state index in [9.17, 15) is 18.0 Å². The van der Waals surface area contributed by atoms with E-state index >= 15 is 0 Å². The number of aromatic nitrogens is 1. The van der Waals surface area contributed by atoms with E-state index in [0.29, 0.717) is 17.8 Å². The lowest BCUT2D eigenvalue weighted by molar-refractivity contribution is 0.102. The van der Waals surface area contributed by atoms with Crippen molar-refractivity contribution in [3.05, 3.63) is 46.2 Å². The van der Waals surface area contributed by atoms with Crippen molar-refractivity contribution in [2.75, 3.05) is 5.32 Å². The molecule has 1 aromatic carbocycles. The van der Waals surface area contributed by atoms with Crippen LogP contribution in [0.5, 0.6) is 0 Å². The molecule has 0 saturated carbocycles. The Morgan fingerprint density at radius 3 is 2.52 bits per heavy atom. The highest BCUT2D eigenvalue weighted by atomic mass is 32.1. The van der Waals surface area contributed by atoms with Crippen molar-refractivity contribution >= 4 is 28.1 Å². The Morgan fingerprint density at radius 2 is 1.95 bits per heavy atom. The van der Waals surface area contributed by atoms with E-state index in [0.717, 1.165) is 11.3 Å². The molecule has 0 bridgehead atoms. The van der Waals surface area contributed by atoms with Crippen LogP contribution >= 0.6 is 11.3 Å². The summed E-state index contributed by atoms with van der Waals surface area (Å²) in [5, 5.41) is 15.5. The maximum absolute atomic E-state index is 13.0. The number of benzene rings is 1. The molecule has 2 N–H and O–H groups in total. The number of hydrogen-bond donors (Lipinski definition) is 2. The fourth-order valence-electron chi connectivity index (χ4n) is 1.40. The third-order valence-corrected chi connectivity index (χ3v) is 3.25. The highest BCUT2D eigenvalue weighted by Gasteiger charge is 2.16. The van der Waals surface area contributed by atoms with Gasteiger partial charge in [0.15, 0.2) is 22.6 Å². The summed E-state index contributed by atoms with van der Waals surface area (Å²) in [5.41, 5.74) is 0.204. The molecular formula is C12H8F3N3O2S. The Hall–Kier alpha value is -2.42. The molecule has 0 spiro atoms. The Bertz CT molecular complexity index is 707. The van der Waals surface area contributed by atoms with Crippen molar-refractivity contribution in [2.24, 2.45) is 5.16 Å². The second kappa shape index (κ2) is 5.92. The number of oxime groups is 1. The van der Waals surface area contributed by atoms with E-state index in [1.54, 1.807) is 0 Å². The molecule has 21 heavy (non-hydrogen) atoms. The van der Waals surface area contributed by atoms with Crippen molar-refractivity contribution in [3.8, 4) is 0 Å². The first kappa shape index (κ1) is 15.0. The fourth-order valence-corrected chi connectivity index (χ4v) is 2.15. The zero-order valence-corrected chi connectivity index (χ0v) is 11.3. The fraction of sp³-hybridized carbons (Fsp3) is 0.0833. The first-order valence-corrected chi connectivity index (χ1v) is 6.40. The summed E-state index contributed by atoms with van der Waals surface area (Å²) in [6.45, 7) is 1.51. The third kappa shape index (κ3) is 3.19. The van der Waals surface area contributed by atoms with E-state index in [1.165, 1.54) is 12.3 Å². The Morgan fingerprint density at radius 1 is 1.33 bits per heavy atom. The molecule has 1 amide bonds. The van der Waals surface area contributed by atoms with Crippen LogP contribution in [0.4, 0.5) is 18.3 Å². The van der Waals surface area contributed by atoms with Crippen LogP contribution in [-0.2, 0) is 0 Å². The van der Waals surface area contributed by atoms with Gasteiger partial charge >= 0.3 is 0 Å². The van der Waals surface area contributed by atoms with Gasteiger partial charge in [-0.25, -0.2) is 18.2 Å². The highest BCUT2D eigenvalue weighted by Crippen LogP contribution is 2.19. The summed E-state index contributed by atoms with van der Waals surface area (Å²) in [4.78, 5) is 15.7. The molecule has 9 heteroatoms. The number of anilines is 1. The first-order chi connectivity index (χ1) is 9.92. The number of halogens is 3. The van der Waals surface area contributed by atoms with Crippen LogP contribution in [0.25, 0.3) is 0 Å². The first-order valence-electron chi connectivity index (χ1n) is 5.53. The number of rotatable bonds is 3. The van der Waals surface area contributed by atoms with E-state index in [4.69, 9.17) is 5.21 Å². The second-order valence-corrected chi connectivity index (χ2v) is 4.79. The monoisotopic (exact) mass is 315 g/mol. The molecule has 5 nitrogen and oxygen atoms in total. The molecule has 0 aliphatic rings. The van der Waals surface area contributed by atoms with E-state index in [2.05, 4.69) is 15.5 Å². The van der Waals surface area contributed by atoms with Gasteiger partial charge in [-0.1, -0.05) is 5.16 Å². The van der Waals surface area contributed by atoms with Crippen LogP contribution in [0, 0.1) is 17.5 Å². The van der Waals surface area contributed by atoms with Crippen molar-refractivity contribution in [2.45, 2.75) is 6.92 Å². The summed E-state index contributed by atoms with van der Waals surface area (Å²) in [6, 6.07) is 1.17. The normalized spacial score (nSPS) is 11.5. The molecule has 0 fully saturated rings. The predicted octanol–water partition coefficient (Wildman–Crippen LogP) is 3.01. The van der Waals surface area contributed by atoms with Crippen molar-refractivity contribution in [1.82, 2.24) is 4.98 Å². The Balaban J connectivity index is 2.20. The van der Waals surface area contributed by atoms with Crippen LogP contribution in [-0.4, -0.2) is 21.8 Å². The molecule has 2 rings (SSSR count). The van der Waals surface area contributed by atoms with Crippen LogP contribution in [0.1, 0.15) is 23.0 Å². The van der Waals surface area contributed by atoms with Gasteiger partial charge in [0.25, 0.3) is 5.91 Å². The van der Waals surface area contributed by atoms with E-state index < -0.39 is 23.4 Å². The molecule has 1 aromatic heterocycles. The largest absolute Gasteiger partial charge is 0.411 e. The molecule has 0 atom stereocenters.